The van der Waals surface area contributed by atoms with Crippen LogP contribution in [0.5, 0.6) is 0 Å². The van der Waals surface area contributed by atoms with Crippen molar-refractivity contribution in [2.24, 2.45) is 0 Å². The molecule has 1 aliphatic heterocycles. The average Bonchev–Trinajstić information content (AvgIpc) is 3.39. The van der Waals surface area contributed by atoms with Crippen LogP contribution in [0.15, 0.2) is 66.9 Å². The molecule has 1 aliphatic rings. The Labute approximate surface area is 193 Å². The van der Waals surface area contributed by atoms with Gasteiger partial charge in [-0.3, -0.25) is 0 Å². The van der Waals surface area contributed by atoms with Crippen LogP contribution in [0.25, 0.3) is 10.9 Å². The van der Waals surface area contributed by atoms with Crippen molar-refractivity contribution in [2.45, 2.75) is 24.2 Å². The van der Waals surface area contributed by atoms with Crippen LogP contribution in [0.4, 0.5) is 24.7 Å². The van der Waals surface area contributed by atoms with Crippen molar-refractivity contribution >= 4 is 22.4 Å². The highest BCUT2D eigenvalue weighted by Gasteiger charge is 2.49. The topological polar surface area (TPSA) is 102 Å². The number of nitrogens with two attached hydrogens (primary N) is 1. The molecule has 5 rings (SSSR count). The maximum atomic E-state index is 13.7. The number of aliphatic hydroxyl groups is 1. The smallest absolute Gasteiger partial charge is 0.384 e. The van der Waals surface area contributed by atoms with Gasteiger partial charge in [0.05, 0.1) is 17.2 Å². The summed E-state index contributed by atoms with van der Waals surface area (Å²) in [5, 5.41) is 22.0. The first-order valence-electron chi connectivity index (χ1n) is 10.6. The van der Waals surface area contributed by atoms with Crippen LogP contribution >= 0.6 is 0 Å². The first-order valence-corrected chi connectivity index (χ1v) is 10.6. The number of alkyl halides is 3. The molecule has 0 radical (unpaired) electrons. The number of aromatic amines is 1. The van der Waals surface area contributed by atoms with Crippen molar-refractivity contribution in [1.82, 2.24) is 9.97 Å². The lowest BCUT2D eigenvalue weighted by Gasteiger charge is -2.35. The Morgan fingerprint density at radius 3 is 2.62 bits per heavy atom. The third kappa shape index (κ3) is 3.53. The quantitative estimate of drug-likeness (QED) is 0.402. The molecule has 2 aromatic heterocycles. The van der Waals surface area contributed by atoms with E-state index in [0.717, 1.165) is 17.0 Å². The number of benzene rings is 2. The summed E-state index contributed by atoms with van der Waals surface area (Å²) in [4.78, 5) is 9.16. The minimum atomic E-state index is -4.69. The molecule has 9 heteroatoms. The van der Waals surface area contributed by atoms with Gasteiger partial charge in [0.15, 0.2) is 0 Å². The van der Waals surface area contributed by atoms with Gasteiger partial charge in [0.2, 0.25) is 0 Å². The Bertz CT molecular complexity index is 1370. The van der Waals surface area contributed by atoms with Gasteiger partial charge < -0.3 is 20.7 Å². The lowest BCUT2D eigenvalue weighted by Crippen LogP contribution is -2.36. The number of H-pyrrole nitrogens is 1. The number of nitrogen functional groups attached to an aromatic ring is 1. The van der Waals surface area contributed by atoms with E-state index in [4.69, 9.17) is 5.73 Å². The molecule has 34 heavy (non-hydrogen) atoms. The molecule has 0 bridgehead atoms. The third-order valence-electron chi connectivity index (χ3n) is 6.39. The molecule has 3 heterocycles. The maximum absolute atomic E-state index is 13.7. The van der Waals surface area contributed by atoms with E-state index in [9.17, 15) is 23.5 Å². The molecule has 4 N–H and O–H groups in total. The van der Waals surface area contributed by atoms with Crippen molar-refractivity contribution in [2.75, 3.05) is 17.2 Å². The number of fused-ring (bicyclic) bond motifs is 1. The third-order valence-corrected chi connectivity index (χ3v) is 6.39. The Hall–Kier alpha value is -4.03. The number of pyridine rings is 1. The van der Waals surface area contributed by atoms with Crippen LogP contribution in [0.2, 0.25) is 0 Å². The summed E-state index contributed by atoms with van der Waals surface area (Å²) < 4.78 is 41.0. The van der Waals surface area contributed by atoms with Gasteiger partial charge in [-0.2, -0.15) is 18.4 Å². The van der Waals surface area contributed by atoms with E-state index in [1.165, 1.54) is 18.3 Å². The van der Waals surface area contributed by atoms with E-state index >= 15 is 0 Å². The number of halogens is 3. The zero-order chi connectivity index (χ0) is 24.1. The highest BCUT2D eigenvalue weighted by molar-refractivity contribution is 5.80. The maximum Gasteiger partial charge on any atom is 0.417 e. The number of aromatic nitrogens is 2. The molecule has 0 aliphatic carbocycles. The number of rotatable bonds is 3. The van der Waals surface area contributed by atoms with E-state index in [1.807, 2.05) is 30.3 Å². The van der Waals surface area contributed by atoms with Crippen LogP contribution in [0.1, 0.15) is 34.8 Å². The fourth-order valence-electron chi connectivity index (χ4n) is 4.77. The second kappa shape index (κ2) is 7.78. The summed E-state index contributed by atoms with van der Waals surface area (Å²) >= 11 is 0. The van der Waals surface area contributed by atoms with Crippen LogP contribution < -0.4 is 10.6 Å². The van der Waals surface area contributed by atoms with E-state index in [-0.39, 0.29) is 18.7 Å². The van der Waals surface area contributed by atoms with Gasteiger partial charge in [0, 0.05) is 41.6 Å². The normalized spacial score (nSPS) is 20.6. The molecule has 1 saturated heterocycles. The first-order chi connectivity index (χ1) is 16.2. The number of hydrogen-bond acceptors (Lipinski definition) is 5. The van der Waals surface area contributed by atoms with E-state index < -0.39 is 28.9 Å². The summed E-state index contributed by atoms with van der Waals surface area (Å²) in [7, 11) is 0. The van der Waals surface area contributed by atoms with Gasteiger partial charge in [-0.25, -0.2) is 4.98 Å². The second-order valence-electron chi connectivity index (χ2n) is 8.39. The lowest BCUT2D eigenvalue weighted by atomic mass is 9.85. The van der Waals surface area contributed by atoms with Crippen LogP contribution in [0.3, 0.4) is 0 Å². The van der Waals surface area contributed by atoms with Crippen molar-refractivity contribution in [1.29, 1.82) is 5.26 Å². The molecule has 0 unspecified atom stereocenters. The van der Waals surface area contributed by atoms with Crippen molar-refractivity contribution in [3.05, 3.63) is 89.2 Å². The molecule has 0 saturated carbocycles. The predicted octanol–water partition coefficient (Wildman–Crippen LogP) is 4.87. The molecule has 0 amide bonds. The Kier molecular flexibility index (Phi) is 4.99. The minimum absolute atomic E-state index is 0.250. The zero-order valence-electron chi connectivity index (χ0n) is 17.8. The van der Waals surface area contributed by atoms with Gasteiger partial charge >= 0.3 is 6.18 Å². The monoisotopic (exact) mass is 463 g/mol. The van der Waals surface area contributed by atoms with Crippen LogP contribution in [-0.4, -0.2) is 21.6 Å². The largest absolute Gasteiger partial charge is 0.417 e. The molecule has 1 fully saturated rings. The standard InChI is InChI=1S/C25H20F3N5O/c26-25(27,28)19-12-18(7-5-16(19)13-29)33-10-9-24(34,17-6-8-22(30)31-14-17)23(33)21-11-15-3-1-2-4-20(15)32-21/h1-8,11-12,14,23,32,34H,9-10H2,(H2,30,31)/t23-,24+/m0/s1. The Morgan fingerprint density at radius 1 is 1.15 bits per heavy atom. The van der Waals surface area contributed by atoms with Crippen molar-refractivity contribution in [3.63, 3.8) is 0 Å². The first kappa shape index (κ1) is 21.8. The fourth-order valence-corrected chi connectivity index (χ4v) is 4.77. The van der Waals surface area contributed by atoms with Crippen LogP contribution in [-0.2, 0) is 11.8 Å². The molecule has 0 spiro atoms. The Balaban J connectivity index is 1.68. The summed E-state index contributed by atoms with van der Waals surface area (Å²) in [6.45, 7) is 0.282. The zero-order valence-corrected chi connectivity index (χ0v) is 17.8. The van der Waals surface area contributed by atoms with Gasteiger partial charge in [0.1, 0.15) is 17.5 Å². The lowest BCUT2D eigenvalue weighted by molar-refractivity contribution is -0.137. The summed E-state index contributed by atoms with van der Waals surface area (Å²) in [5.41, 5.74) is 5.08. The molecule has 172 valence electrons. The van der Waals surface area contributed by atoms with Gasteiger partial charge in [-0.05, 0) is 41.8 Å². The van der Waals surface area contributed by atoms with Gasteiger partial charge in [-0.1, -0.05) is 24.3 Å². The van der Waals surface area contributed by atoms with Gasteiger partial charge in [0.25, 0.3) is 0 Å². The molecule has 2 atom stereocenters. The fraction of sp³-hybridized carbons (Fsp3) is 0.200. The molecule has 4 aromatic rings. The number of nitrogens with zero attached hydrogens (tertiary/aromatic N) is 3. The highest BCUT2D eigenvalue weighted by Crippen LogP contribution is 2.50. The predicted molar refractivity (Wildman–Crippen MR) is 122 cm³/mol. The van der Waals surface area contributed by atoms with Gasteiger partial charge in [-0.15, -0.1) is 0 Å². The van der Waals surface area contributed by atoms with Crippen molar-refractivity contribution < 1.29 is 18.3 Å². The summed E-state index contributed by atoms with van der Waals surface area (Å²) in [5.74, 6) is 0.297. The molecular formula is C25H20F3N5O. The highest BCUT2D eigenvalue weighted by atomic mass is 19.4. The SMILES string of the molecule is N#Cc1ccc(N2CC[C@@](O)(c3ccc(N)nc3)[C@@H]2c2cc3ccccc3[nH]2)cc1C(F)(F)F. The summed E-state index contributed by atoms with van der Waals surface area (Å²) in [6, 6.07) is 17.2. The number of hydrogen-bond donors (Lipinski definition) is 3. The number of nitrogens with one attached hydrogen (secondary N) is 1. The van der Waals surface area contributed by atoms with E-state index in [1.54, 1.807) is 23.1 Å². The summed E-state index contributed by atoms with van der Waals surface area (Å²) in [6.07, 6.45) is -2.94. The second-order valence-corrected chi connectivity index (χ2v) is 8.39. The van der Waals surface area contributed by atoms with E-state index in [2.05, 4.69) is 9.97 Å². The van der Waals surface area contributed by atoms with Crippen LogP contribution in [0, 0.1) is 11.3 Å². The van der Waals surface area contributed by atoms with Crippen molar-refractivity contribution in [3.8, 4) is 6.07 Å². The minimum Gasteiger partial charge on any atom is -0.384 e. The molecular weight excluding hydrogens is 443 g/mol. The molecule has 6 nitrogen and oxygen atoms in total. The Morgan fingerprint density at radius 2 is 1.94 bits per heavy atom. The number of nitriles is 1. The number of para-hydroxylation sites is 1. The van der Waals surface area contributed by atoms with E-state index in [0.29, 0.717) is 17.1 Å². The molecule has 2 aromatic carbocycles. The number of anilines is 2. The average molecular weight is 463 g/mol.